The van der Waals surface area contributed by atoms with E-state index < -0.39 is 18.2 Å². The molecule has 0 spiro atoms. The van der Waals surface area contributed by atoms with E-state index in [4.69, 9.17) is 0 Å². The molecule has 1 aliphatic rings. The van der Waals surface area contributed by atoms with Crippen LogP contribution in [0.2, 0.25) is 0 Å². The van der Waals surface area contributed by atoms with Gasteiger partial charge in [0.1, 0.15) is 6.04 Å². The van der Waals surface area contributed by atoms with Crippen molar-refractivity contribution in [3.63, 3.8) is 0 Å². The lowest BCUT2D eigenvalue weighted by molar-refractivity contribution is -0.128. The quantitative estimate of drug-likeness (QED) is 0.801. The Balaban J connectivity index is 1.70. The number of aryl methyl sites for hydroxylation is 1. The molecule has 2 aromatic rings. The van der Waals surface area contributed by atoms with Gasteiger partial charge in [-0.15, -0.1) is 0 Å². The Morgan fingerprint density at radius 2 is 2.04 bits per heavy atom. The van der Waals surface area contributed by atoms with Gasteiger partial charge < -0.3 is 10.4 Å². The van der Waals surface area contributed by atoms with Crippen molar-refractivity contribution in [3.05, 3.63) is 53.9 Å². The first-order valence-corrected chi connectivity index (χ1v) is 7.39. The van der Waals surface area contributed by atoms with Crippen LogP contribution >= 0.6 is 0 Å². The Bertz CT molecular complexity index is 714. The lowest BCUT2D eigenvalue weighted by Gasteiger charge is -2.18. The number of imide groups is 1. The molecule has 1 aromatic carbocycles. The molecule has 3 amide bonds. The molecule has 1 saturated heterocycles. The lowest BCUT2D eigenvalue weighted by atomic mass is 10.0. The summed E-state index contributed by atoms with van der Waals surface area (Å²) in [4.78, 5) is 25.7. The predicted molar refractivity (Wildman–Crippen MR) is 82.4 cm³/mol. The number of hydrogen-bond donors (Lipinski definition) is 2. The molecule has 0 radical (unpaired) electrons. The molecule has 2 unspecified atom stereocenters. The molecule has 23 heavy (non-hydrogen) atoms. The monoisotopic (exact) mass is 314 g/mol. The van der Waals surface area contributed by atoms with E-state index >= 15 is 0 Å². The van der Waals surface area contributed by atoms with E-state index in [-0.39, 0.29) is 19.0 Å². The van der Waals surface area contributed by atoms with Crippen molar-refractivity contribution in [2.45, 2.75) is 25.6 Å². The van der Waals surface area contributed by atoms with Gasteiger partial charge in [0.2, 0.25) is 0 Å². The van der Waals surface area contributed by atoms with Crippen LogP contribution in [0.25, 0.3) is 0 Å². The largest absolute Gasteiger partial charge is 0.389 e. The second-order valence-corrected chi connectivity index (χ2v) is 5.57. The highest BCUT2D eigenvalue weighted by Crippen LogP contribution is 2.24. The SMILES string of the molecule is Cc1ccccc1C1NC(=O)N(CC(O)Cn2cccn2)C1=O. The molecule has 2 N–H and O–H groups in total. The van der Waals surface area contributed by atoms with Crippen molar-refractivity contribution in [2.75, 3.05) is 6.54 Å². The molecule has 7 nitrogen and oxygen atoms in total. The Hall–Kier alpha value is -2.67. The second kappa shape index (κ2) is 6.21. The van der Waals surface area contributed by atoms with Crippen LogP contribution in [0.1, 0.15) is 17.2 Å². The van der Waals surface area contributed by atoms with Crippen LogP contribution in [0.5, 0.6) is 0 Å². The number of amides is 3. The molecule has 0 saturated carbocycles. The third-order valence-corrected chi connectivity index (χ3v) is 3.88. The molecular weight excluding hydrogens is 296 g/mol. The molecule has 1 aromatic heterocycles. The van der Waals surface area contributed by atoms with Crippen molar-refractivity contribution in [2.24, 2.45) is 0 Å². The van der Waals surface area contributed by atoms with E-state index in [9.17, 15) is 14.7 Å². The zero-order valence-corrected chi connectivity index (χ0v) is 12.7. The summed E-state index contributed by atoms with van der Waals surface area (Å²) in [6.45, 7) is 2.05. The average molecular weight is 314 g/mol. The highest BCUT2D eigenvalue weighted by atomic mass is 16.3. The summed E-state index contributed by atoms with van der Waals surface area (Å²) in [5.74, 6) is -0.344. The van der Waals surface area contributed by atoms with Crippen LogP contribution < -0.4 is 5.32 Å². The number of urea groups is 1. The van der Waals surface area contributed by atoms with Gasteiger partial charge >= 0.3 is 6.03 Å². The van der Waals surface area contributed by atoms with Crippen LogP contribution in [0.3, 0.4) is 0 Å². The summed E-state index contributed by atoms with van der Waals surface area (Å²) in [5, 5.41) is 16.8. The number of aromatic nitrogens is 2. The zero-order chi connectivity index (χ0) is 16.4. The maximum atomic E-state index is 12.5. The molecule has 2 heterocycles. The first-order valence-electron chi connectivity index (χ1n) is 7.39. The van der Waals surface area contributed by atoms with Crippen molar-refractivity contribution < 1.29 is 14.7 Å². The van der Waals surface area contributed by atoms with E-state index in [0.717, 1.165) is 16.0 Å². The maximum absolute atomic E-state index is 12.5. The van der Waals surface area contributed by atoms with Crippen LogP contribution in [-0.4, -0.2) is 44.4 Å². The number of benzene rings is 1. The van der Waals surface area contributed by atoms with Crippen molar-refractivity contribution in [1.82, 2.24) is 20.0 Å². The van der Waals surface area contributed by atoms with E-state index in [1.165, 1.54) is 0 Å². The van der Waals surface area contributed by atoms with Crippen LogP contribution in [0.4, 0.5) is 4.79 Å². The lowest BCUT2D eigenvalue weighted by Crippen LogP contribution is -2.39. The minimum atomic E-state index is -0.875. The van der Waals surface area contributed by atoms with Gasteiger partial charge in [-0.2, -0.15) is 5.10 Å². The molecule has 2 atom stereocenters. The fourth-order valence-electron chi connectivity index (χ4n) is 2.71. The molecule has 0 aliphatic carbocycles. The van der Waals surface area contributed by atoms with Gasteiger partial charge in [-0.25, -0.2) is 4.79 Å². The van der Waals surface area contributed by atoms with Gasteiger partial charge in [0.05, 0.1) is 19.2 Å². The smallest absolute Gasteiger partial charge is 0.325 e. The minimum absolute atomic E-state index is 0.0626. The van der Waals surface area contributed by atoms with Crippen molar-refractivity contribution >= 4 is 11.9 Å². The van der Waals surface area contributed by atoms with E-state index in [2.05, 4.69) is 10.4 Å². The Labute approximate surface area is 133 Å². The summed E-state index contributed by atoms with van der Waals surface area (Å²) in [6, 6.07) is 7.99. The fourth-order valence-corrected chi connectivity index (χ4v) is 2.71. The number of hydrogen-bond acceptors (Lipinski definition) is 4. The number of aliphatic hydroxyl groups is 1. The van der Waals surface area contributed by atoms with Gasteiger partial charge in [-0.1, -0.05) is 24.3 Å². The van der Waals surface area contributed by atoms with Crippen molar-refractivity contribution in [3.8, 4) is 0 Å². The number of carbonyl (C=O) groups excluding carboxylic acids is 2. The van der Waals surface area contributed by atoms with E-state index in [1.807, 2.05) is 31.2 Å². The first kappa shape index (κ1) is 15.2. The second-order valence-electron chi connectivity index (χ2n) is 5.57. The normalized spacial score (nSPS) is 19.0. The van der Waals surface area contributed by atoms with E-state index in [0.29, 0.717) is 0 Å². The van der Waals surface area contributed by atoms with Gasteiger partial charge in [0, 0.05) is 12.4 Å². The summed E-state index contributed by atoms with van der Waals surface area (Å²) in [6.07, 6.45) is 2.44. The standard InChI is InChI=1S/C16H18N4O3/c1-11-5-2-3-6-13(11)14-15(22)20(16(23)18-14)10-12(21)9-19-8-4-7-17-19/h2-8,12,14,21H,9-10H2,1H3,(H,18,23). The Morgan fingerprint density at radius 3 is 2.74 bits per heavy atom. The fraction of sp³-hybridized carbons (Fsp3) is 0.312. The van der Waals surface area contributed by atoms with Crippen molar-refractivity contribution in [1.29, 1.82) is 0 Å². The number of aliphatic hydroxyl groups excluding tert-OH is 1. The average Bonchev–Trinajstić information content (AvgIpc) is 3.11. The third-order valence-electron chi connectivity index (χ3n) is 3.88. The number of nitrogens with zero attached hydrogens (tertiary/aromatic N) is 3. The van der Waals surface area contributed by atoms with Crippen LogP contribution in [0, 0.1) is 6.92 Å². The molecular formula is C16H18N4O3. The predicted octanol–water partition coefficient (Wildman–Crippen LogP) is 0.846. The summed E-state index contributed by atoms with van der Waals surface area (Å²) < 4.78 is 1.56. The number of nitrogens with one attached hydrogen (secondary N) is 1. The highest BCUT2D eigenvalue weighted by molar-refractivity contribution is 6.04. The van der Waals surface area contributed by atoms with Crippen LogP contribution in [0.15, 0.2) is 42.7 Å². The first-order chi connectivity index (χ1) is 11.1. The summed E-state index contributed by atoms with van der Waals surface area (Å²) in [5.41, 5.74) is 1.71. The zero-order valence-electron chi connectivity index (χ0n) is 12.7. The Morgan fingerprint density at radius 1 is 1.26 bits per heavy atom. The number of carbonyl (C=O) groups is 2. The summed E-state index contributed by atoms with van der Waals surface area (Å²) >= 11 is 0. The third kappa shape index (κ3) is 3.09. The number of β-amino-alcohol motifs (C(OH)–C–C–N with tert-alkyl or cyclic N) is 1. The molecule has 1 aliphatic heterocycles. The van der Waals surface area contributed by atoms with Gasteiger partial charge in [-0.05, 0) is 24.1 Å². The highest BCUT2D eigenvalue weighted by Gasteiger charge is 2.40. The molecule has 1 fully saturated rings. The maximum Gasteiger partial charge on any atom is 0.325 e. The van der Waals surface area contributed by atoms with Crippen LogP contribution in [-0.2, 0) is 11.3 Å². The minimum Gasteiger partial charge on any atom is -0.389 e. The molecule has 3 rings (SSSR count). The number of rotatable bonds is 5. The summed E-state index contributed by atoms with van der Waals surface area (Å²) in [7, 11) is 0. The van der Waals surface area contributed by atoms with Gasteiger partial charge in [0.25, 0.3) is 5.91 Å². The molecule has 120 valence electrons. The molecule has 0 bridgehead atoms. The topological polar surface area (TPSA) is 87.5 Å². The van der Waals surface area contributed by atoms with E-state index in [1.54, 1.807) is 23.1 Å². The van der Waals surface area contributed by atoms with Gasteiger partial charge in [0.15, 0.2) is 0 Å². The Kier molecular flexibility index (Phi) is 4.12. The van der Waals surface area contributed by atoms with Gasteiger partial charge in [-0.3, -0.25) is 14.4 Å². The molecule has 7 heteroatoms.